The van der Waals surface area contributed by atoms with E-state index in [-0.39, 0.29) is 16.9 Å². The van der Waals surface area contributed by atoms with Gasteiger partial charge in [0.05, 0.1) is 17.7 Å². The average Bonchev–Trinajstić information content (AvgIpc) is 2.58. The number of nitrogen functional groups attached to an aromatic ring is 1. The summed E-state index contributed by atoms with van der Waals surface area (Å²) >= 11 is 5.96. The van der Waals surface area contributed by atoms with Crippen LogP contribution in [0.15, 0.2) is 30.3 Å². The Hall–Kier alpha value is -1.85. The van der Waals surface area contributed by atoms with Crippen LogP contribution in [0.1, 0.15) is 13.8 Å². The molecule has 0 spiro atoms. The smallest absolute Gasteiger partial charge is 0.222 e. The lowest BCUT2D eigenvalue weighted by atomic mass is 10.0. The highest BCUT2D eigenvalue weighted by molar-refractivity contribution is 6.33. The third-order valence-electron chi connectivity index (χ3n) is 4.34. The normalized spacial score (nSPS) is 18.2. The second kappa shape index (κ2) is 6.95. The van der Waals surface area contributed by atoms with Crippen LogP contribution in [0.25, 0.3) is 11.1 Å². The summed E-state index contributed by atoms with van der Waals surface area (Å²) in [5.74, 6) is -0.136. The summed E-state index contributed by atoms with van der Waals surface area (Å²) in [5, 5.41) is 0.253. The van der Waals surface area contributed by atoms with Gasteiger partial charge in [0.15, 0.2) is 0 Å². The van der Waals surface area contributed by atoms with Gasteiger partial charge >= 0.3 is 0 Å². The molecule has 3 rings (SSSR count). The van der Waals surface area contributed by atoms with Crippen molar-refractivity contribution in [1.29, 1.82) is 0 Å². The van der Waals surface area contributed by atoms with Crippen molar-refractivity contribution in [1.82, 2.24) is 4.98 Å². The molecule has 1 aliphatic heterocycles. The Morgan fingerprint density at radius 2 is 2.04 bits per heavy atom. The molecule has 128 valence electrons. The van der Waals surface area contributed by atoms with Gasteiger partial charge in [-0.15, -0.1) is 0 Å². The zero-order valence-corrected chi connectivity index (χ0v) is 14.6. The minimum atomic E-state index is -0.615. The topological polar surface area (TPSA) is 51.4 Å². The van der Waals surface area contributed by atoms with Crippen LogP contribution in [0.3, 0.4) is 0 Å². The van der Waals surface area contributed by atoms with Crippen molar-refractivity contribution in [2.24, 2.45) is 5.92 Å². The average molecular weight is 350 g/mol. The van der Waals surface area contributed by atoms with E-state index in [1.165, 1.54) is 6.07 Å². The number of halogens is 2. The number of anilines is 2. The lowest BCUT2D eigenvalue weighted by molar-refractivity contribution is 0.0114. The van der Waals surface area contributed by atoms with Gasteiger partial charge < -0.3 is 15.4 Å². The van der Waals surface area contributed by atoms with Crippen LogP contribution in [0.2, 0.25) is 5.02 Å². The monoisotopic (exact) mass is 349 g/mol. The molecule has 1 aromatic carbocycles. The van der Waals surface area contributed by atoms with Crippen molar-refractivity contribution in [3.05, 3.63) is 41.3 Å². The Balaban J connectivity index is 1.82. The molecule has 1 saturated heterocycles. The first kappa shape index (κ1) is 17.0. The van der Waals surface area contributed by atoms with E-state index in [0.29, 0.717) is 11.5 Å². The van der Waals surface area contributed by atoms with Gasteiger partial charge in [0.1, 0.15) is 5.82 Å². The number of nitrogens with two attached hydrogens (primary N) is 1. The largest absolute Gasteiger partial charge is 0.382 e. The van der Waals surface area contributed by atoms with Crippen molar-refractivity contribution in [3.8, 4) is 11.1 Å². The summed E-state index contributed by atoms with van der Waals surface area (Å²) in [6, 6.07) is 9.24. The molecular formula is C18H21ClFN3O. The molecule has 4 nitrogen and oxygen atoms in total. The van der Waals surface area contributed by atoms with E-state index in [4.69, 9.17) is 22.1 Å². The molecule has 1 aromatic heterocycles. The first-order chi connectivity index (χ1) is 11.5. The molecule has 1 fully saturated rings. The Labute approximate surface area is 146 Å². The lowest BCUT2D eigenvalue weighted by Gasteiger charge is -2.36. The van der Waals surface area contributed by atoms with Crippen LogP contribution in [0.4, 0.5) is 15.9 Å². The highest BCUT2D eigenvalue weighted by atomic mass is 35.5. The van der Waals surface area contributed by atoms with E-state index in [9.17, 15) is 4.39 Å². The minimum absolute atomic E-state index is 0.00239. The third-order valence-corrected chi connectivity index (χ3v) is 4.64. The molecule has 0 radical (unpaired) electrons. The van der Waals surface area contributed by atoms with Crippen molar-refractivity contribution in [2.75, 3.05) is 30.3 Å². The maximum atomic E-state index is 14.0. The molecular weight excluding hydrogens is 329 g/mol. The fraction of sp³-hybridized carbons (Fsp3) is 0.389. The number of benzene rings is 1. The van der Waals surface area contributed by atoms with Gasteiger partial charge in [-0.1, -0.05) is 37.6 Å². The lowest BCUT2D eigenvalue weighted by Crippen LogP contribution is -2.44. The molecule has 0 aliphatic carbocycles. The van der Waals surface area contributed by atoms with E-state index in [0.717, 1.165) is 30.9 Å². The summed E-state index contributed by atoms with van der Waals surface area (Å²) in [6.45, 7) is 6.76. The van der Waals surface area contributed by atoms with Gasteiger partial charge in [-0.3, -0.25) is 0 Å². The van der Waals surface area contributed by atoms with Crippen LogP contribution in [-0.2, 0) is 4.74 Å². The number of nitrogens with zero attached hydrogens (tertiary/aromatic N) is 2. The molecule has 0 amide bonds. The molecule has 2 N–H and O–H groups in total. The predicted octanol–water partition coefficient (Wildman–Crippen LogP) is 3.98. The fourth-order valence-electron chi connectivity index (χ4n) is 2.85. The van der Waals surface area contributed by atoms with Crippen LogP contribution in [-0.4, -0.2) is 30.8 Å². The van der Waals surface area contributed by atoms with E-state index in [1.807, 2.05) is 24.3 Å². The summed E-state index contributed by atoms with van der Waals surface area (Å²) < 4.78 is 19.8. The van der Waals surface area contributed by atoms with Gasteiger partial charge in [0, 0.05) is 24.3 Å². The number of rotatable bonds is 3. The van der Waals surface area contributed by atoms with Crippen molar-refractivity contribution in [2.45, 2.75) is 20.0 Å². The van der Waals surface area contributed by atoms with Gasteiger partial charge in [0.2, 0.25) is 5.95 Å². The van der Waals surface area contributed by atoms with Crippen molar-refractivity contribution >= 4 is 23.1 Å². The Kier molecular flexibility index (Phi) is 4.92. The molecule has 0 bridgehead atoms. The molecule has 1 aliphatic rings. The standard InChI is InChI=1S/C18H21ClFN3O/c1-11(2)16-10-23(7-8-24-16)13-5-3-12(4-6-13)14-9-15(19)18(21)22-17(14)20/h3-6,9,11,16H,7-8,10H2,1-2H3,(H2,21,22)/t16-/m0/s1. The van der Waals surface area contributed by atoms with E-state index in [1.54, 1.807) is 0 Å². The number of pyridine rings is 1. The Morgan fingerprint density at radius 3 is 2.71 bits per heavy atom. The van der Waals surface area contributed by atoms with Crippen molar-refractivity contribution in [3.63, 3.8) is 0 Å². The quantitative estimate of drug-likeness (QED) is 0.851. The maximum absolute atomic E-state index is 14.0. The highest BCUT2D eigenvalue weighted by Gasteiger charge is 2.23. The Morgan fingerprint density at radius 1 is 1.33 bits per heavy atom. The van der Waals surface area contributed by atoms with Crippen LogP contribution >= 0.6 is 11.6 Å². The third kappa shape index (κ3) is 3.47. The summed E-state index contributed by atoms with van der Waals surface area (Å²) in [4.78, 5) is 5.94. The van der Waals surface area contributed by atoms with Crippen LogP contribution in [0, 0.1) is 11.9 Å². The number of hydrogen-bond acceptors (Lipinski definition) is 4. The number of morpholine rings is 1. The van der Waals surface area contributed by atoms with E-state index >= 15 is 0 Å². The molecule has 24 heavy (non-hydrogen) atoms. The second-order valence-corrected chi connectivity index (χ2v) is 6.75. The molecule has 0 saturated carbocycles. The SMILES string of the molecule is CC(C)[C@@H]1CN(c2ccc(-c3cc(Cl)c(N)nc3F)cc2)CCO1. The number of ether oxygens (including phenoxy) is 1. The summed E-state index contributed by atoms with van der Waals surface area (Å²) in [5.41, 5.74) is 7.70. The number of aromatic nitrogens is 1. The van der Waals surface area contributed by atoms with Gasteiger partial charge in [0.25, 0.3) is 0 Å². The molecule has 2 heterocycles. The predicted molar refractivity (Wildman–Crippen MR) is 95.8 cm³/mol. The first-order valence-corrected chi connectivity index (χ1v) is 8.42. The molecule has 2 aromatic rings. The summed E-state index contributed by atoms with van der Waals surface area (Å²) in [6.07, 6.45) is 0.232. The van der Waals surface area contributed by atoms with E-state index < -0.39 is 5.95 Å². The zero-order chi connectivity index (χ0) is 17.3. The first-order valence-electron chi connectivity index (χ1n) is 8.04. The zero-order valence-electron chi connectivity index (χ0n) is 13.8. The van der Waals surface area contributed by atoms with Crippen molar-refractivity contribution < 1.29 is 9.13 Å². The fourth-order valence-corrected chi connectivity index (χ4v) is 3.00. The molecule has 1 atom stereocenters. The Bertz CT molecular complexity index is 721. The van der Waals surface area contributed by atoms with Gasteiger partial charge in [-0.05, 0) is 29.7 Å². The van der Waals surface area contributed by atoms with Crippen LogP contribution in [0.5, 0.6) is 0 Å². The molecule has 0 unspecified atom stereocenters. The van der Waals surface area contributed by atoms with Crippen LogP contribution < -0.4 is 10.6 Å². The second-order valence-electron chi connectivity index (χ2n) is 6.34. The maximum Gasteiger partial charge on any atom is 0.222 e. The van der Waals surface area contributed by atoms with E-state index in [2.05, 4.69) is 23.7 Å². The van der Waals surface area contributed by atoms with Gasteiger partial charge in [-0.25, -0.2) is 4.98 Å². The van der Waals surface area contributed by atoms with Gasteiger partial charge in [-0.2, -0.15) is 4.39 Å². The molecule has 6 heteroatoms. The number of hydrogen-bond donors (Lipinski definition) is 1. The summed E-state index contributed by atoms with van der Waals surface area (Å²) in [7, 11) is 0. The minimum Gasteiger partial charge on any atom is -0.382 e. The highest BCUT2D eigenvalue weighted by Crippen LogP contribution is 2.30.